The van der Waals surface area contributed by atoms with Crippen LogP contribution in [0.25, 0.3) is 0 Å². The lowest BCUT2D eigenvalue weighted by atomic mass is 9.98. The van der Waals surface area contributed by atoms with Crippen molar-refractivity contribution in [1.29, 1.82) is 0 Å². The van der Waals surface area contributed by atoms with Gasteiger partial charge in [-0.05, 0) is 45.4 Å². The number of hydrogen-bond acceptors (Lipinski definition) is 4. The Bertz CT molecular complexity index is 588. The van der Waals surface area contributed by atoms with Gasteiger partial charge in [0.25, 0.3) is 0 Å². The summed E-state index contributed by atoms with van der Waals surface area (Å²) in [5.41, 5.74) is 3.77. The van der Waals surface area contributed by atoms with Gasteiger partial charge in [0.15, 0.2) is 5.13 Å². The maximum absolute atomic E-state index is 4.85. The van der Waals surface area contributed by atoms with Gasteiger partial charge in [-0.25, -0.2) is 4.98 Å². The van der Waals surface area contributed by atoms with Crippen LogP contribution in [0.1, 0.15) is 35.0 Å². The third-order valence-corrected chi connectivity index (χ3v) is 5.28. The number of rotatable bonds is 3. The third-order valence-electron chi connectivity index (χ3n) is 4.00. The normalized spacial score (nSPS) is 17.9. The van der Waals surface area contributed by atoms with Gasteiger partial charge in [-0.15, -0.1) is 0 Å². The first-order chi connectivity index (χ1) is 9.69. The number of anilines is 2. The molecule has 2 aromatic rings. The molecule has 0 bridgehead atoms. The number of aryl methyl sites for hydroxylation is 2. The van der Waals surface area contributed by atoms with Crippen molar-refractivity contribution in [2.75, 3.05) is 19.0 Å². The highest BCUT2D eigenvalue weighted by molar-refractivity contribution is 7.15. The molecule has 0 spiro atoms. The van der Waals surface area contributed by atoms with Crippen molar-refractivity contribution in [1.82, 2.24) is 10.3 Å². The minimum atomic E-state index is 0.483. The first-order valence-electron chi connectivity index (χ1n) is 7.16. The van der Waals surface area contributed by atoms with E-state index in [2.05, 4.69) is 48.5 Å². The zero-order valence-electron chi connectivity index (χ0n) is 12.3. The molecule has 0 saturated heterocycles. The fourth-order valence-electron chi connectivity index (χ4n) is 2.70. The van der Waals surface area contributed by atoms with E-state index in [4.69, 9.17) is 4.98 Å². The van der Waals surface area contributed by atoms with Crippen LogP contribution >= 0.6 is 11.3 Å². The van der Waals surface area contributed by atoms with Crippen LogP contribution in [0.5, 0.6) is 0 Å². The maximum atomic E-state index is 4.85. The monoisotopic (exact) mass is 287 g/mol. The van der Waals surface area contributed by atoms with Crippen molar-refractivity contribution in [3.63, 3.8) is 0 Å². The topological polar surface area (TPSA) is 28.2 Å². The van der Waals surface area contributed by atoms with Gasteiger partial charge in [0.1, 0.15) is 0 Å². The summed E-state index contributed by atoms with van der Waals surface area (Å²) in [5.74, 6) is 0. The fourth-order valence-corrected chi connectivity index (χ4v) is 3.94. The molecular formula is C16H21N3S. The van der Waals surface area contributed by atoms with Gasteiger partial charge in [-0.1, -0.05) is 29.0 Å². The summed E-state index contributed by atoms with van der Waals surface area (Å²) in [6.45, 7) is 2.11. The van der Waals surface area contributed by atoms with Crippen LogP contribution in [0.4, 0.5) is 10.8 Å². The van der Waals surface area contributed by atoms with E-state index in [9.17, 15) is 0 Å². The Balaban J connectivity index is 1.91. The van der Waals surface area contributed by atoms with E-state index in [-0.39, 0.29) is 0 Å². The van der Waals surface area contributed by atoms with Crippen molar-refractivity contribution >= 4 is 22.2 Å². The molecule has 0 fully saturated rings. The second kappa shape index (κ2) is 5.54. The molecule has 3 nitrogen and oxygen atoms in total. The van der Waals surface area contributed by atoms with Crippen LogP contribution in [0, 0.1) is 6.92 Å². The van der Waals surface area contributed by atoms with E-state index in [1.807, 2.05) is 18.4 Å². The lowest BCUT2D eigenvalue weighted by molar-refractivity contribution is 0.501. The summed E-state index contributed by atoms with van der Waals surface area (Å²) >= 11 is 1.83. The van der Waals surface area contributed by atoms with E-state index < -0.39 is 0 Å². The Hall–Kier alpha value is -1.39. The Labute approximate surface area is 124 Å². The van der Waals surface area contributed by atoms with Crippen molar-refractivity contribution < 1.29 is 0 Å². The van der Waals surface area contributed by atoms with Crippen molar-refractivity contribution in [2.45, 2.75) is 32.2 Å². The predicted molar refractivity (Wildman–Crippen MR) is 86.1 cm³/mol. The molecule has 1 atom stereocenters. The van der Waals surface area contributed by atoms with Crippen LogP contribution < -0.4 is 10.2 Å². The fraction of sp³-hybridized carbons (Fsp3) is 0.438. The van der Waals surface area contributed by atoms with Crippen LogP contribution in [-0.2, 0) is 6.42 Å². The van der Waals surface area contributed by atoms with E-state index in [0.29, 0.717) is 6.04 Å². The lowest BCUT2D eigenvalue weighted by Gasteiger charge is -2.19. The third kappa shape index (κ3) is 2.45. The Morgan fingerprint density at radius 2 is 2.05 bits per heavy atom. The van der Waals surface area contributed by atoms with Gasteiger partial charge < -0.3 is 10.2 Å². The minimum Gasteiger partial charge on any atom is -0.321 e. The molecule has 0 saturated carbocycles. The zero-order chi connectivity index (χ0) is 14.1. The maximum Gasteiger partial charge on any atom is 0.190 e. The van der Waals surface area contributed by atoms with Crippen molar-refractivity contribution in [3.05, 3.63) is 40.4 Å². The highest BCUT2D eigenvalue weighted by atomic mass is 32.1. The molecule has 0 radical (unpaired) electrons. The summed E-state index contributed by atoms with van der Waals surface area (Å²) in [6, 6.07) is 9.10. The molecule has 4 heteroatoms. The number of benzene rings is 1. The number of fused-ring (bicyclic) bond motifs is 1. The smallest absolute Gasteiger partial charge is 0.190 e. The Morgan fingerprint density at radius 3 is 2.75 bits per heavy atom. The molecule has 106 valence electrons. The summed E-state index contributed by atoms with van der Waals surface area (Å²) in [5, 5.41) is 4.51. The van der Waals surface area contributed by atoms with Crippen LogP contribution in [0.15, 0.2) is 24.3 Å². The molecule has 1 aromatic carbocycles. The van der Waals surface area contributed by atoms with Crippen LogP contribution in [0.2, 0.25) is 0 Å². The average molecular weight is 287 g/mol. The summed E-state index contributed by atoms with van der Waals surface area (Å²) in [6.07, 6.45) is 3.57. The summed E-state index contributed by atoms with van der Waals surface area (Å²) in [4.78, 5) is 8.47. The standard InChI is InChI=1S/C16H21N3S/c1-11-7-9-12(10-8-11)19(3)16-18-14-6-4-5-13(17-2)15(14)20-16/h7-10,13,17H,4-6H2,1-3H3. The van der Waals surface area contributed by atoms with Gasteiger partial charge in [-0.2, -0.15) is 0 Å². The Kier molecular flexibility index (Phi) is 3.76. The number of nitrogens with one attached hydrogen (secondary N) is 1. The predicted octanol–water partition coefficient (Wildman–Crippen LogP) is 3.82. The first kappa shape index (κ1) is 13.6. The van der Waals surface area contributed by atoms with Gasteiger partial charge in [0.05, 0.1) is 5.69 Å². The largest absolute Gasteiger partial charge is 0.321 e. The van der Waals surface area contributed by atoms with E-state index in [1.165, 1.54) is 34.7 Å². The van der Waals surface area contributed by atoms with Gasteiger partial charge in [0, 0.05) is 23.7 Å². The molecule has 1 unspecified atom stereocenters. The molecular weight excluding hydrogens is 266 g/mol. The van der Waals surface area contributed by atoms with Crippen LogP contribution in [0.3, 0.4) is 0 Å². The van der Waals surface area contributed by atoms with Gasteiger partial charge in [-0.3, -0.25) is 0 Å². The molecule has 1 aliphatic carbocycles. The molecule has 1 N–H and O–H groups in total. The van der Waals surface area contributed by atoms with E-state index in [1.54, 1.807) is 0 Å². The lowest BCUT2D eigenvalue weighted by Crippen LogP contribution is -2.19. The molecule has 1 heterocycles. The summed E-state index contributed by atoms with van der Waals surface area (Å²) in [7, 11) is 4.15. The SMILES string of the molecule is CNC1CCCc2nc(N(C)c3ccc(C)cc3)sc21. The molecule has 1 aromatic heterocycles. The van der Waals surface area contributed by atoms with Gasteiger partial charge in [0.2, 0.25) is 0 Å². The zero-order valence-corrected chi connectivity index (χ0v) is 13.1. The molecule has 20 heavy (non-hydrogen) atoms. The first-order valence-corrected chi connectivity index (χ1v) is 7.98. The number of hydrogen-bond donors (Lipinski definition) is 1. The quantitative estimate of drug-likeness (QED) is 0.930. The average Bonchev–Trinajstić information content (AvgIpc) is 2.91. The number of nitrogens with zero attached hydrogens (tertiary/aromatic N) is 2. The highest BCUT2D eigenvalue weighted by Gasteiger charge is 2.24. The van der Waals surface area contributed by atoms with Crippen molar-refractivity contribution in [3.8, 4) is 0 Å². The molecule has 1 aliphatic rings. The van der Waals surface area contributed by atoms with Gasteiger partial charge >= 0.3 is 0 Å². The van der Waals surface area contributed by atoms with E-state index >= 15 is 0 Å². The second-order valence-corrected chi connectivity index (χ2v) is 6.44. The molecule has 0 aliphatic heterocycles. The highest BCUT2D eigenvalue weighted by Crippen LogP contribution is 2.38. The van der Waals surface area contributed by atoms with E-state index in [0.717, 1.165) is 11.6 Å². The summed E-state index contributed by atoms with van der Waals surface area (Å²) < 4.78 is 0. The number of aromatic nitrogens is 1. The minimum absolute atomic E-state index is 0.483. The van der Waals surface area contributed by atoms with Crippen molar-refractivity contribution in [2.24, 2.45) is 0 Å². The second-order valence-electron chi connectivity index (χ2n) is 5.44. The molecule has 0 amide bonds. The van der Waals surface area contributed by atoms with Crippen LogP contribution in [-0.4, -0.2) is 19.1 Å². The Morgan fingerprint density at radius 1 is 1.30 bits per heavy atom. The number of thiazole rings is 1. The molecule has 3 rings (SSSR count).